The zero-order valence-electron chi connectivity index (χ0n) is 9.54. The van der Waals surface area contributed by atoms with Gasteiger partial charge >= 0.3 is 0 Å². The normalized spacial score (nSPS) is 12.1. The second-order valence-corrected chi connectivity index (χ2v) is 3.88. The lowest BCUT2D eigenvalue weighted by Gasteiger charge is -2.13. The van der Waals surface area contributed by atoms with Crippen molar-refractivity contribution in [2.45, 2.75) is 13.0 Å². The molecule has 0 spiro atoms. The van der Waals surface area contributed by atoms with E-state index in [9.17, 15) is 5.11 Å². The lowest BCUT2D eigenvalue weighted by atomic mass is 10.1. The van der Waals surface area contributed by atoms with Crippen LogP contribution in [0.25, 0.3) is 11.4 Å². The predicted molar refractivity (Wildman–Crippen MR) is 64.2 cm³/mol. The van der Waals surface area contributed by atoms with E-state index in [-0.39, 0.29) is 12.6 Å². The van der Waals surface area contributed by atoms with E-state index in [2.05, 4.69) is 11.1 Å². The molecule has 2 rings (SSSR count). The fraction of sp³-hybridized carbons (Fsp3) is 0.231. The van der Waals surface area contributed by atoms with Gasteiger partial charge in [-0.2, -0.15) is 5.26 Å². The van der Waals surface area contributed by atoms with E-state index in [0.717, 1.165) is 11.4 Å². The van der Waals surface area contributed by atoms with Crippen LogP contribution in [0.1, 0.15) is 18.5 Å². The van der Waals surface area contributed by atoms with Crippen LogP contribution in [0.5, 0.6) is 0 Å². The molecule has 1 heterocycles. The van der Waals surface area contributed by atoms with Crippen LogP contribution in [-0.2, 0) is 0 Å². The van der Waals surface area contributed by atoms with Crippen LogP contribution in [0.4, 0.5) is 0 Å². The summed E-state index contributed by atoms with van der Waals surface area (Å²) in [7, 11) is 0. The standard InChI is InChI=1S/C13H13N3O/c1-10(9-17)16-6-5-15-13(16)12-4-2-3-11(7-12)8-14/h2-7,10,17H,9H2,1H3/t10-/m1/s1. The Morgan fingerprint density at radius 2 is 2.35 bits per heavy atom. The summed E-state index contributed by atoms with van der Waals surface area (Å²) in [6, 6.07) is 9.36. The summed E-state index contributed by atoms with van der Waals surface area (Å²) in [4.78, 5) is 4.27. The number of aliphatic hydroxyl groups excluding tert-OH is 1. The highest BCUT2D eigenvalue weighted by molar-refractivity contribution is 5.58. The second-order valence-electron chi connectivity index (χ2n) is 3.88. The predicted octanol–water partition coefficient (Wildman–Crippen LogP) is 1.98. The number of nitriles is 1. The molecule has 1 N–H and O–H groups in total. The van der Waals surface area contributed by atoms with Crippen LogP contribution in [0.15, 0.2) is 36.7 Å². The Labute approximate surface area is 99.8 Å². The summed E-state index contributed by atoms with van der Waals surface area (Å²) in [5.41, 5.74) is 1.49. The van der Waals surface area contributed by atoms with E-state index < -0.39 is 0 Å². The first kappa shape index (κ1) is 11.4. The number of nitrogens with zero attached hydrogens (tertiary/aromatic N) is 3. The molecule has 0 bridgehead atoms. The number of benzene rings is 1. The largest absolute Gasteiger partial charge is 0.394 e. The van der Waals surface area contributed by atoms with Crippen molar-refractivity contribution in [1.29, 1.82) is 5.26 Å². The maximum atomic E-state index is 9.18. The quantitative estimate of drug-likeness (QED) is 0.872. The lowest BCUT2D eigenvalue weighted by molar-refractivity contribution is 0.240. The summed E-state index contributed by atoms with van der Waals surface area (Å²) >= 11 is 0. The molecule has 0 amide bonds. The highest BCUT2D eigenvalue weighted by atomic mass is 16.3. The maximum Gasteiger partial charge on any atom is 0.140 e. The van der Waals surface area contributed by atoms with Crippen molar-refractivity contribution in [3.8, 4) is 17.5 Å². The van der Waals surface area contributed by atoms with Crippen LogP contribution in [0.2, 0.25) is 0 Å². The minimum Gasteiger partial charge on any atom is -0.394 e. The fourth-order valence-electron chi connectivity index (χ4n) is 1.71. The molecule has 17 heavy (non-hydrogen) atoms. The molecule has 0 fully saturated rings. The Morgan fingerprint density at radius 1 is 1.53 bits per heavy atom. The zero-order chi connectivity index (χ0) is 12.3. The highest BCUT2D eigenvalue weighted by Gasteiger charge is 2.10. The van der Waals surface area contributed by atoms with E-state index in [1.165, 1.54) is 0 Å². The van der Waals surface area contributed by atoms with Gasteiger partial charge in [0.15, 0.2) is 0 Å². The summed E-state index contributed by atoms with van der Waals surface area (Å²) in [6.07, 6.45) is 3.52. The van der Waals surface area contributed by atoms with Gasteiger partial charge < -0.3 is 9.67 Å². The number of hydrogen-bond donors (Lipinski definition) is 1. The van der Waals surface area contributed by atoms with E-state index in [1.54, 1.807) is 18.3 Å². The first-order valence-corrected chi connectivity index (χ1v) is 5.40. The third-order valence-electron chi connectivity index (χ3n) is 2.66. The van der Waals surface area contributed by atoms with Gasteiger partial charge in [0.1, 0.15) is 5.82 Å². The van der Waals surface area contributed by atoms with E-state index in [4.69, 9.17) is 5.26 Å². The maximum absolute atomic E-state index is 9.18. The van der Waals surface area contributed by atoms with Crippen LogP contribution in [0.3, 0.4) is 0 Å². The Morgan fingerprint density at radius 3 is 3.06 bits per heavy atom. The van der Waals surface area contributed by atoms with Gasteiger partial charge in [0.25, 0.3) is 0 Å². The monoisotopic (exact) mass is 227 g/mol. The van der Waals surface area contributed by atoms with Gasteiger partial charge in [-0.1, -0.05) is 12.1 Å². The Bertz CT molecular complexity index is 554. The van der Waals surface area contributed by atoms with E-state index in [1.807, 2.05) is 29.8 Å². The number of imidazole rings is 1. The van der Waals surface area contributed by atoms with Crippen molar-refractivity contribution in [3.63, 3.8) is 0 Å². The molecule has 0 aliphatic heterocycles. The first-order valence-electron chi connectivity index (χ1n) is 5.40. The van der Waals surface area contributed by atoms with Gasteiger partial charge in [-0.25, -0.2) is 4.98 Å². The van der Waals surface area contributed by atoms with E-state index >= 15 is 0 Å². The Balaban J connectivity index is 2.46. The minimum atomic E-state index is -0.0294. The SMILES string of the molecule is C[C@H](CO)n1ccnc1-c1cccc(C#N)c1. The zero-order valence-corrected chi connectivity index (χ0v) is 9.54. The molecule has 0 aliphatic rings. The average molecular weight is 227 g/mol. The van der Waals surface area contributed by atoms with Crippen molar-refractivity contribution in [2.24, 2.45) is 0 Å². The van der Waals surface area contributed by atoms with Crippen LogP contribution in [0, 0.1) is 11.3 Å². The molecule has 0 unspecified atom stereocenters. The van der Waals surface area contributed by atoms with Gasteiger partial charge in [-0.15, -0.1) is 0 Å². The minimum absolute atomic E-state index is 0.0294. The van der Waals surface area contributed by atoms with Gasteiger partial charge in [-0.05, 0) is 19.1 Å². The second kappa shape index (κ2) is 4.81. The molecular formula is C13H13N3O. The van der Waals surface area contributed by atoms with Crippen molar-refractivity contribution in [3.05, 3.63) is 42.2 Å². The third kappa shape index (κ3) is 2.19. The summed E-state index contributed by atoms with van der Waals surface area (Å²) in [5, 5.41) is 18.0. The summed E-state index contributed by atoms with van der Waals surface area (Å²) < 4.78 is 1.90. The smallest absolute Gasteiger partial charge is 0.140 e. The highest BCUT2D eigenvalue weighted by Crippen LogP contribution is 2.21. The molecule has 1 aromatic heterocycles. The Hall–Kier alpha value is -2.12. The van der Waals surface area contributed by atoms with Crippen molar-refractivity contribution in [2.75, 3.05) is 6.61 Å². The van der Waals surface area contributed by atoms with Gasteiger partial charge in [0.2, 0.25) is 0 Å². The van der Waals surface area contributed by atoms with Crippen molar-refractivity contribution in [1.82, 2.24) is 9.55 Å². The fourth-order valence-corrected chi connectivity index (χ4v) is 1.71. The van der Waals surface area contributed by atoms with Gasteiger partial charge in [0, 0.05) is 18.0 Å². The number of hydrogen-bond acceptors (Lipinski definition) is 3. The van der Waals surface area contributed by atoms with Crippen LogP contribution >= 0.6 is 0 Å². The third-order valence-corrected chi connectivity index (χ3v) is 2.66. The van der Waals surface area contributed by atoms with Crippen molar-refractivity contribution >= 4 is 0 Å². The molecule has 4 heteroatoms. The summed E-state index contributed by atoms with van der Waals surface area (Å²) in [6.45, 7) is 1.97. The van der Waals surface area contributed by atoms with E-state index in [0.29, 0.717) is 5.56 Å². The number of aliphatic hydroxyl groups is 1. The van der Waals surface area contributed by atoms with Crippen LogP contribution in [-0.4, -0.2) is 21.3 Å². The molecule has 0 radical (unpaired) electrons. The van der Waals surface area contributed by atoms with Gasteiger partial charge in [0.05, 0.1) is 24.3 Å². The molecule has 0 saturated heterocycles. The Kier molecular flexibility index (Phi) is 3.22. The lowest BCUT2D eigenvalue weighted by Crippen LogP contribution is -2.09. The molecule has 2 aromatic rings. The molecule has 1 atom stereocenters. The molecule has 86 valence electrons. The average Bonchev–Trinajstić information content (AvgIpc) is 2.87. The number of rotatable bonds is 3. The molecule has 4 nitrogen and oxygen atoms in total. The first-order chi connectivity index (χ1) is 8.26. The number of aromatic nitrogens is 2. The molecule has 1 aromatic carbocycles. The molecule has 0 saturated carbocycles. The summed E-state index contributed by atoms with van der Waals surface area (Å²) in [5.74, 6) is 0.767. The van der Waals surface area contributed by atoms with Crippen LogP contribution < -0.4 is 0 Å². The van der Waals surface area contributed by atoms with Crippen molar-refractivity contribution < 1.29 is 5.11 Å². The molecule has 0 aliphatic carbocycles. The van der Waals surface area contributed by atoms with Gasteiger partial charge in [-0.3, -0.25) is 0 Å². The topological polar surface area (TPSA) is 61.8 Å². The molecular weight excluding hydrogens is 214 g/mol.